The molecule has 11 nitrogen and oxygen atoms in total. The summed E-state index contributed by atoms with van der Waals surface area (Å²) in [6.07, 6.45) is -2.47. The molecule has 2 aliphatic carbocycles. The molecule has 1 saturated carbocycles. The molecule has 0 bridgehead atoms. The molecule has 11 heteroatoms. The zero-order valence-corrected chi connectivity index (χ0v) is 15.6. The number of ketones is 3. The third kappa shape index (κ3) is 2.40. The van der Waals surface area contributed by atoms with Crippen LogP contribution in [0.1, 0.15) is 28.4 Å². The number of phenols is 3. The van der Waals surface area contributed by atoms with E-state index in [4.69, 9.17) is 10.5 Å². The number of ether oxygens (including phenoxy) is 1. The Bertz CT molecular complexity index is 1220. The molecule has 0 spiro atoms. The van der Waals surface area contributed by atoms with Crippen LogP contribution in [0.5, 0.6) is 17.2 Å². The first-order valence-electron chi connectivity index (χ1n) is 8.99. The Labute approximate surface area is 172 Å². The first-order valence-corrected chi connectivity index (χ1v) is 8.99. The SMILES string of the molecule is NC(=O)C1C(=O)C[C@@H]2[C@@H](OC=O)c3c(c(O)c4c(O)cccc4c3O)C(=O)[C@]2(O)C1=O. The zero-order valence-electron chi connectivity index (χ0n) is 15.6. The fraction of sp³-hybridized carbons (Fsp3) is 0.250. The lowest BCUT2D eigenvalue weighted by atomic mass is 9.59. The van der Waals surface area contributed by atoms with Crippen LogP contribution in [0, 0.1) is 11.8 Å². The van der Waals surface area contributed by atoms with E-state index in [-0.39, 0.29) is 17.2 Å². The Balaban J connectivity index is 2.11. The van der Waals surface area contributed by atoms with E-state index in [0.29, 0.717) is 0 Å². The number of nitrogens with two attached hydrogens (primary N) is 1. The van der Waals surface area contributed by atoms with Gasteiger partial charge in [0.1, 0.15) is 23.4 Å². The third-order valence-corrected chi connectivity index (χ3v) is 5.92. The molecule has 0 radical (unpaired) electrons. The van der Waals surface area contributed by atoms with Crippen LogP contribution in [0.3, 0.4) is 0 Å². The van der Waals surface area contributed by atoms with E-state index in [1.807, 2.05) is 0 Å². The van der Waals surface area contributed by atoms with Gasteiger partial charge in [-0.25, -0.2) is 0 Å². The van der Waals surface area contributed by atoms with Crippen LogP contribution in [0.15, 0.2) is 18.2 Å². The van der Waals surface area contributed by atoms with E-state index in [2.05, 4.69) is 0 Å². The predicted octanol–water partition coefficient (Wildman–Crippen LogP) is -0.642. The van der Waals surface area contributed by atoms with Crippen molar-refractivity contribution in [1.82, 2.24) is 0 Å². The predicted molar refractivity (Wildman–Crippen MR) is 98.9 cm³/mol. The third-order valence-electron chi connectivity index (χ3n) is 5.92. The monoisotopic (exact) mass is 429 g/mol. The topological polar surface area (TPSA) is 202 Å². The number of aromatic hydroxyl groups is 3. The summed E-state index contributed by atoms with van der Waals surface area (Å²) in [5, 5.41) is 42.4. The van der Waals surface area contributed by atoms with Crippen molar-refractivity contribution in [1.29, 1.82) is 0 Å². The Morgan fingerprint density at radius 1 is 1.16 bits per heavy atom. The molecule has 0 aliphatic heterocycles. The Hall–Kier alpha value is -3.99. The van der Waals surface area contributed by atoms with Crippen molar-refractivity contribution >= 4 is 40.5 Å². The number of hydrogen-bond donors (Lipinski definition) is 5. The first kappa shape index (κ1) is 20.3. The van der Waals surface area contributed by atoms with Gasteiger partial charge in [-0.15, -0.1) is 0 Å². The standard InChI is InChI=1S/C20H15NO10/c21-19(29)11-9(24)4-7-16(31-5-22)12-13(18(28)20(7,30)17(11)27)15(26)10-6(14(12)25)2-1-3-8(10)23/h1-3,5,7,11,16,23,25-26,30H,4H2,(H2,21,29)/t7-,11?,16-,20-/m1/s1. The van der Waals surface area contributed by atoms with E-state index < -0.39 is 81.6 Å². The second kappa shape index (κ2) is 6.51. The van der Waals surface area contributed by atoms with Crippen molar-refractivity contribution in [2.24, 2.45) is 17.6 Å². The Morgan fingerprint density at radius 3 is 2.45 bits per heavy atom. The second-order valence-electron chi connectivity index (χ2n) is 7.41. The van der Waals surface area contributed by atoms with Crippen LogP contribution in [-0.4, -0.2) is 55.8 Å². The Kier molecular flexibility index (Phi) is 4.26. The highest BCUT2D eigenvalue weighted by Crippen LogP contribution is 2.56. The minimum atomic E-state index is -3.06. The molecule has 31 heavy (non-hydrogen) atoms. The summed E-state index contributed by atoms with van der Waals surface area (Å²) in [7, 11) is 0. The number of hydrogen-bond acceptors (Lipinski definition) is 10. The van der Waals surface area contributed by atoms with E-state index >= 15 is 0 Å². The van der Waals surface area contributed by atoms with Crippen molar-refractivity contribution in [2.45, 2.75) is 18.1 Å². The van der Waals surface area contributed by atoms with Crippen LogP contribution < -0.4 is 5.73 Å². The van der Waals surface area contributed by atoms with Crippen LogP contribution in [0.25, 0.3) is 10.8 Å². The molecule has 2 aromatic rings. The molecule has 0 saturated heterocycles. The van der Waals surface area contributed by atoms with E-state index in [9.17, 15) is 44.4 Å². The van der Waals surface area contributed by atoms with E-state index in [1.54, 1.807) is 0 Å². The Morgan fingerprint density at radius 2 is 1.84 bits per heavy atom. The molecule has 2 aliphatic rings. The molecule has 160 valence electrons. The van der Waals surface area contributed by atoms with Gasteiger partial charge in [-0.2, -0.15) is 0 Å². The maximum absolute atomic E-state index is 13.3. The van der Waals surface area contributed by atoms with Crippen LogP contribution in [0.2, 0.25) is 0 Å². The van der Waals surface area contributed by atoms with E-state index in [1.165, 1.54) is 12.1 Å². The maximum atomic E-state index is 13.3. The van der Waals surface area contributed by atoms with Gasteiger partial charge in [0, 0.05) is 11.8 Å². The van der Waals surface area contributed by atoms with Crippen molar-refractivity contribution < 1.29 is 49.1 Å². The minimum Gasteiger partial charge on any atom is -0.507 e. The molecule has 0 aromatic heterocycles. The van der Waals surface area contributed by atoms with Crippen LogP contribution in [0.4, 0.5) is 0 Å². The highest BCUT2D eigenvalue weighted by molar-refractivity contribution is 6.32. The largest absolute Gasteiger partial charge is 0.507 e. The molecule has 0 heterocycles. The lowest BCUT2D eigenvalue weighted by Gasteiger charge is -2.45. The molecule has 1 amide bonds. The number of phenolic OH excluding ortho intramolecular Hbond substituents is 3. The number of fused-ring (bicyclic) bond motifs is 3. The summed E-state index contributed by atoms with van der Waals surface area (Å²) in [4.78, 5) is 61.4. The van der Waals surface area contributed by atoms with Gasteiger partial charge in [-0.1, -0.05) is 12.1 Å². The van der Waals surface area contributed by atoms with Gasteiger partial charge in [-0.3, -0.25) is 24.0 Å². The van der Waals surface area contributed by atoms with Crippen molar-refractivity contribution in [2.75, 3.05) is 0 Å². The molecular formula is C20H15NO10. The summed E-state index contributed by atoms with van der Waals surface area (Å²) in [6, 6.07) is 3.80. The van der Waals surface area contributed by atoms with Gasteiger partial charge in [0.2, 0.25) is 11.7 Å². The number of aliphatic hydroxyl groups is 1. The fourth-order valence-corrected chi connectivity index (χ4v) is 4.55. The fourth-order valence-electron chi connectivity index (χ4n) is 4.55. The summed E-state index contributed by atoms with van der Waals surface area (Å²) in [5.41, 5.74) is 0.805. The van der Waals surface area contributed by atoms with Gasteiger partial charge in [0.05, 0.1) is 22.4 Å². The summed E-state index contributed by atoms with van der Waals surface area (Å²) < 4.78 is 4.95. The number of Topliss-reactive ketones (excluding diaryl/α,β-unsaturated/α-hetero) is 3. The van der Waals surface area contributed by atoms with Gasteiger partial charge in [0.15, 0.2) is 23.1 Å². The lowest BCUT2D eigenvalue weighted by Crippen LogP contribution is -2.65. The molecule has 1 fully saturated rings. The minimum absolute atomic E-state index is 0.0804. The maximum Gasteiger partial charge on any atom is 0.293 e. The normalized spacial score (nSPS) is 27.5. The quantitative estimate of drug-likeness (QED) is 0.237. The average molecular weight is 429 g/mol. The lowest BCUT2D eigenvalue weighted by molar-refractivity contribution is -0.168. The van der Waals surface area contributed by atoms with Gasteiger partial charge >= 0.3 is 0 Å². The first-order chi connectivity index (χ1) is 14.6. The van der Waals surface area contributed by atoms with Crippen LogP contribution >= 0.6 is 0 Å². The molecule has 4 rings (SSSR count). The summed E-state index contributed by atoms with van der Waals surface area (Å²) in [5.74, 6) is -11.2. The number of rotatable bonds is 3. The van der Waals surface area contributed by atoms with Crippen LogP contribution in [-0.2, 0) is 23.9 Å². The number of carbonyl (C=O) groups is 5. The van der Waals surface area contributed by atoms with Crippen molar-refractivity contribution in [3.8, 4) is 17.2 Å². The van der Waals surface area contributed by atoms with E-state index in [0.717, 1.165) is 6.07 Å². The van der Waals surface area contributed by atoms with Crippen molar-refractivity contribution in [3.05, 3.63) is 29.3 Å². The smallest absolute Gasteiger partial charge is 0.293 e. The highest BCUT2D eigenvalue weighted by Gasteiger charge is 2.66. The van der Waals surface area contributed by atoms with Gasteiger partial charge in [0.25, 0.3) is 6.47 Å². The second-order valence-corrected chi connectivity index (χ2v) is 7.41. The number of benzene rings is 2. The van der Waals surface area contributed by atoms with Gasteiger partial charge in [-0.05, 0) is 6.07 Å². The number of carbonyl (C=O) groups excluding carboxylic acids is 5. The summed E-state index contributed by atoms with van der Waals surface area (Å²) >= 11 is 0. The molecule has 2 aromatic carbocycles. The summed E-state index contributed by atoms with van der Waals surface area (Å²) in [6.45, 7) is -0.0804. The average Bonchev–Trinajstić information content (AvgIpc) is 2.70. The van der Waals surface area contributed by atoms with Gasteiger partial charge < -0.3 is 30.9 Å². The highest BCUT2D eigenvalue weighted by atomic mass is 16.5. The molecule has 6 N–H and O–H groups in total. The van der Waals surface area contributed by atoms with Crippen molar-refractivity contribution in [3.63, 3.8) is 0 Å². The number of amides is 1. The molecular weight excluding hydrogens is 414 g/mol. The molecule has 1 unspecified atom stereocenters. The number of primary amides is 1. The molecule has 4 atom stereocenters. The zero-order chi connectivity index (χ0) is 22.8.